The monoisotopic (exact) mass is 364 g/mol. The molecule has 146 valence electrons. The van der Waals surface area contributed by atoms with Crippen LogP contribution in [0.1, 0.15) is 65.7 Å². The van der Waals surface area contributed by atoms with Crippen molar-refractivity contribution in [1.29, 1.82) is 0 Å². The Balaban J connectivity index is 1.76. The molecule has 5 atom stereocenters. The van der Waals surface area contributed by atoms with Crippen molar-refractivity contribution in [3.63, 3.8) is 0 Å². The number of carbonyl (C=O) groups is 1. The molecule has 0 spiro atoms. The third-order valence-corrected chi connectivity index (χ3v) is 6.61. The van der Waals surface area contributed by atoms with Crippen molar-refractivity contribution in [3.8, 4) is 0 Å². The van der Waals surface area contributed by atoms with Crippen molar-refractivity contribution in [2.75, 3.05) is 7.11 Å². The molecule has 3 rings (SSSR count). The van der Waals surface area contributed by atoms with Gasteiger partial charge in [0.05, 0.1) is 18.8 Å². The molecular weight excluding hydrogens is 332 g/mol. The molecule has 0 aromatic rings. The summed E-state index contributed by atoms with van der Waals surface area (Å²) in [4.78, 5) is 12.0. The Bertz CT molecular complexity index is 626. The maximum atomic E-state index is 12.0. The number of hydrogen-bond acceptors (Lipinski definition) is 5. The summed E-state index contributed by atoms with van der Waals surface area (Å²) in [7, 11) is 1.38. The Hall–Kier alpha value is -1.17. The van der Waals surface area contributed by atoms with Crippen LogP contribution < -0.4 is 0 Å². The lowest BCUT2D eigenvalue weighted by molar-refractivity contribution is -0.136. The molecule has 26 heavy (non-hydrogen) atoms. The van der Waals surface area contributed by atoms with Crippen LogP contribution in [-0.2, 0) is 19.0 Å². The molecule has 0 bridgehead atoms. The number of methoxy groups -OCH3 is 1. The van der Waals surface area contributed by atoms with E-state index >= 15 is 0 Å². The molecule has 0 radical (unpaired) electrons. The third-order valence-electron chi connectivity index (χ3n) is 6.61. The van der Waals surface area contributed by atoms with Gasteiger partial charge in [0.25, 0.3) is 0 Å². The van der Waals surface area contributed by atoms with Gasteiger partial charge in [0.1, 0.15) is 5.60 Å². The van der Waals surface area contributed by atoms with Gasteiger partial charge in [-0.3, -0.25) is 0 Å². The summed E-state index contributed by atoms with van der Waals surface area (Å²) in [5.74, 6) is -1.46. The van der Waals surface area contributed by atoms with Gasteiger partial charge in [0.15, 0.2) is 5.79 Å². The number of rotatable bonds is 2. The van der Waals surface area contributed by atoms with Gasteiger partial charge in [-0.25, -0.2) is 4.79 Å². The lowest BCUT2D eigenvalue weighted by Gasteiger charge is -2.20. The first kappa shape index (κ1) is 19.6. The van der Waals surface area contributed by atoms with Crippen LogP contribution in [0.2, 0.25) is 0 Å². The maximum absolute atomic E-state index is 12.0. The van der Waals surface area contributed by atoms with Crippen LogP contribution in [0.5, 0.6) is 0 Å². The molecular formula is C21H32O5. The minimum absolute atomic E-state index is 0.0280. The number of aliphatic hydroxyl groups is 1. The number of ether oxygens (including phenoxy) is 3. The van der Waals surface area contributed by atoms with E-state index in [2.05, 4.69) is 26.5 Å². The summed E-state index contributed by atoms with van der Waals surface area (Å²) in [6.07, 6.45) is 7.87. The van der Waals surface area contributed by atoms with E-state index in [-0.39, 0.29) is 23.6 Å². The number of carbonyl (C=O) groups excluding carboxylic acids is 1. The average molecular weight is 364 g/mol. The second-order valence-electron chi connectivity index (χ2n) is 8.61. The third kappa shape index (κ3) is 3.75. The molecule has 1 N–H and O–H groups in total. The fourth-order valence-corrected chi connectivity index (χ4v) is 4.23. The standard InChI is InChI=1S/C21H32O5/c1-14-7-6-10-19(3)17(25-19)13-16(15(2)18(22)24-5)9-11-20(4)21(23,26-20)12-8-14/h7,16-17,23H,2,6,8-13H2,1,3-5H3/b14-7+/t16-,17-,19+,20+,21+/m1/s1. The van der Waals surface area contributed by atoms with Crippen LogP contribution in [0.15, 0.2) is 23.8 Å². The highest BCUT2D eigenvalue weighted by molar-refractivity contribution is 5.88. The number of epoxide rings is 2. The minimum Gasteiger partial charge on any atom is -0.466 e. The largest absolute Gasteiger partial charge is 0.466 e. The molecule has 0 saturated carbocycles. The molecule has 2 fully saturated rings. The first-order valence-corrected chi connectivity index (χ1v) is 9.65. The van der Waals surface area contributed by atoms with Crippen molar-refractivity contribution in [3.05, 3.63) is 23.8 Å². The first-order valence-electron chi connectivity index (χ1n) is 9.65. The molecule has 5 nitrogen and oxygen atoms in total. The summed E-state index contributed by atoms with van der Waals surface area (Å²) >= 11 is 0. The van der Waals surface area contributed by atoms with Gasteiger partial charge in [-0.15, -0.1) is 0 Å². The van der Waals surface area contributed by atoms with Gasteiger partial charge < -0.3 is 19.3 Å². The van der Waals surface area contributed by atoms with Gasteiger partial charge >= 0.3 is 5.97 Å². The summed E-state index contributed by atoms with van der Waals surface area (Å²) in [6.45, 7) is 10.2. The van der Waals surface area contributed by atoms with Crippen molar-refractivity contribution in [2.45, 2.75) is 88.8 Å². The fourth-order valence-electron chi connectivity index (χ4n) is 4.23. The van der Waals surface area contributed by atoms with E-state index in [0.717, 1.165) is 32.1 Å². The van der Waals surface area contributed by atoms with Crippen LogP contribution in [0, 0.1) is 5.92 Å². The molecule has 2 aliphatic heterocycles. The molecule has 0 unspecified atom stereocenters. The van der Waals surface area contributed by atoms with Crippen molar-refractivity contribution in [1.82, 2.24) is 0 Å². The van der Waals surface area contributed by atoms with Crippen molar-refractivity contribution >= 4 is 5.97 Å². The topological polar surface area (TPSA) is 71.6 Å². The van der Waals surface area contributed by atoms with Crippen molar-refractivity contribution < 1.29 is 24.1 Å². The van der Waals surface area contributed by atoms with Crippen LogP contribution in [-0.4, -0.2) is 41.3 Å². The number of fused-ring (bicyclic) bond motifs is 2. The highest BCUT2D eigenvalue weighted by Crippen LogP contribution is 2.54. The Morgan fingerprint density at radius 2 is 2.08 bits per heavy atom. The van der Waals surface area contributed by atoms with Crippen LogP contribution in [0.4, 0.5) is 0 Å². The molecule has 3 aliphatic rings. The van der Waals surface area contributed by atoms with Gasteiger partial charge in [0.2, 0.25) is 0 Å². The molecule has 0 amide bonds. The highest BCUT2D eigenvalue weighted by atomic mass is 16.7. The molecule has 2 heterocycles. The smallest absolute Gasteiger partial charge is 0.333 e. The lowest BCUT2D eigenvalue weighted by Crippen LogP contribution is -2.26. The van der Waals surface area contributed by atoms with Crippen LogP contribution in [0.3, 0.4) is 0 Å². The molecule has 2 saturated heterocycles. The van der Waals surface area contributed by atoms with Gasteiger partial charge in [-0.05, 0) is 65.2 Å². The number of hydrogen-bond donors (Lipinski definition) is 1. The molecule has 5 heteroatoms. The average Bonchev–Trinajstić information content (AvgIpc) is 3.40. The maximum Gasteiger partial charge on any atom is 0.333 e. The second-order valence-corrected chi connectivity index (χ2v) is 8.61. The molecule has 0 aromatic carbocycles. The Kier molecular flexibility index (Phi) is 5.10. The van der Waals surface area contributed by atoms with E-state index in [9.17, 15) is 9.90 Å². The zero-order valence-electron chi connectivity index (χ0n) is 16.5. The Morgan fingerprint density at radius 1 is 1.35 bits per heavy atom. The van der Waals surface area contributed by atoms with Crippen LogP contribution >= 0.6 is 0 Å². The zero-order valence-corrected chi connectivity index (χ0v) is 16.5. The zero-order chi connectivity index (χ0) is 19.2. The number of allylic oxidation sites excluding steroid dienone is 2. The highest BCUT2D eigenvalue weighted by Gasteiger charge is 2.65. The SMILES string of the molecule is C=C(C(=O)OC)[C@@H]1CC[C@]2(C)O[C@@]2(O)CC/C(C)=C/CC[C@]2(C)O[C@@H]2C1. The van der Waals surface area contributed by atoms with E-state index < -0.39 is 11.4 Å². The summed E-state index contributed by atoms with van der Waals surface area (Å²) < 4.78 is 16.6. The first-order chi connectivity index (χ1) is 12.1. The van der Waals surface area contributed by atoms with E-state index in [1.54, 1.807) is 0 Å². The predicted octanol–water partition coefficient (Wildman–Crippen LogP) is 3.66. The van der Waals surface area contributed by atoms with Gasteiger partial charge in [0, 0.05) is 12.0 Å². The number of esters is 1. The van der Waals surface area contributed by atoms with Crippen molar-refractivity contribution in [2.24, 2.45) is 5.92 Å². The summed E-state index contributed by atoms with van der Waals surface area (Å²) in [6, 6.07) is 0. The molecule has 0 aromatic heterocycles. The predicted molar refractivity (Wildman–Crippen MR) is 98.4 cm³/mol. The van der Waals surface area contributed by atoms with E-state index in [1.165, 1.54) is 12.7 Å². The minimum atomic E-state index is -1.06. The Labute approximate surface area is 156 Å². The van der Waals surface area contributed by atoms with Gasteiger partial charge in [-0.2, -0.15) is 0 Å². The van der Waals surface area contributed by atoms with E-state index in [1.807, 2.05) is 6.92 Å². The summed E-state index contributed by atoms with van der Waals surface area (Å²) in [5.41, 5.74) is 1.10. The quantitative estimate of drug-likeness (QED) is 0.350. The normalized spacial score (nSPS) is 45.2. The summed E-state index contributed by atoms with van der Waals surface area (Å²) in [5, 5.41) is 10.7. The van der Waals surface area contributed by atoms with Gasteiger partial charge in [-0.1, -0.05) is 18.2 Å². The Morgan fingerprint density at radius 3 is 2.77 bits per heavy atom. The molecule has 1 aliphatic carbocycles. The van der Waals surface area contributed by atoms with Crippen LogP contribution in [0.25, 0.3) is 0 Å². The second kappa shape index (κ2) is 6.77. The van der Waals surface area contributed by atoms with E-state index in [0.29, 0.717) is 18.4 Å². The fraction of sp³-hybridized carbons (Fsp3) is 0.762. The lowest BCUT2D eigenvalue weighted by atomic mass is 9.83. The van der Waals surface area contributed by atoms with E-state index in [4.69, 9.17) is 14.2 Å².